The maximum absolute atomic E-state index is 13.7. The first-order chi connectivity index (χ1) is 44.7. The third kappa shape index (κ3) is 20.9. The highest BCUT2D eigenvalue weighted by atomic mass is 127. The lowest BCUT2D eigenvalue weighted by Crippen LogP contribution is -2.41. The largest absolute Gasteiger partial charge is 0.569 e. The van der Waals surface area contributed by atoms with Gasteiger partial charge in [-0.2, -0.15) is 21.0 Å². The van der Waals surface area contributed by atoms with Gasteiger partial charge >= 0.3 is 22.5 Å². The van der Waals surface area contributed by atoms with Gasteiger partial charge < -0.3 is 47.2 Å². The molecular weight excluding hydrogens is 1420 g/mol. The first-order valence-corrected chi connectivity index (χ1v) is 29.8. The van der Waals surface area contributed by atoms with E-state index in [0.29, 0.717) is 86.7 Å². The molecular formula is C68H59B3BrF8IN4O10. The summed E-state index contributed by atoms with van der Waals surface area (Å²) in [7, 11) is 7.07. The summed E-state index contributed by atoms with van der Waals surface area (Å²) >= 11 is 5.28. The Labute approximate surface area is 569 Å². The van der Waals surface area contributed by atoms with Crippen LogP contribution in [-0.4, -0.2) is 78.4 Å². The maximum Gasteiger partial charge on any atom is 0.569 e. The van der Waals surface area contributed by atoms with Crippen molar-refractivity contribution in [3.8, 4) is 86.4 Å². The van der Waals surface area contributed by atoms with Crippen LogP contribution in [0.1, 0.15) is 77.6 Å². The van der Waals surface area contributed by atoms with Gasteiger partial charge in [-0.3, -0.25) is 0 Å². The first kappa shape index (κ1) is 77.1. The van der Waals surface area contributed by atoms with Crippen LogP contribution in [0.2, 0.25) is 0 Å². The molecule has 2 radical (unpaired) electrons. The lowest BCUT2D eigenvalue weighted by molar-refractivity contribution is 0.00578. The van der Waals surface area contributed by atoms with Crippen molar-refractivity contribution in [3.05, 3.63) is 210 Å². The molecule has 95 heavy (non-hydrogen) atoms. The van der Waals surface area contributed by atoms with E-state index in [2.05, 4.69) is 26.7 Å². The lowest BCUT2D eigenvalue weighted by Gasteiger charge is -2.32. The molecule has 0 aliphatic carbocycles. The second-order valence-electron chi connectivity index (χ2n) is 22.1. The van der Waals surface area contributed by atoms with E-state index in [0.717, 1.165) is 38.4 Å². The molecule has 0 amide bonds. The van der Waals surface area contributed by atoms with E-state index >= 15 is 0 Å². The van der Waals surface area contributed by atoms with Crippen molar-refractivity contribution in [1.29, 1.82) is 21.0 Å². The van der Waals surface area contributed by atoms with Gasteiger partial charge in [-0.15, -0.1) is 0 Å². The highest BCUT2D eigenvalue weighted by molar-refractivity contribution is 14.1. The summed E-state index contributed by atoms with van der Waals surface area (Å²) in [5.74, 6) is -3.54. The van der Waals surface area contributed by atoms with Crippen LogP contribution in [0, 0.1) is 95.4 Å². The van der Waals surface area contributed by atoms with Gasteiger partial charge in [0.2, 0.25) is 0 Å². The SMILES string of the molecule is CC1(C)O[B]OC1(C)C.COc1cc(C#N)c(-c2cc(F)cc(F)c2)cc1B1OC(C)(C)C(C)(C)O1.COc1cc(C#N)c(-c2cc(F)cc(F)c2)cc1I.COc1ccc(-c2cc(F)cc(F)c2)c(C#N)c1.COc1ccc(Br)c(C#N)c1.O[B]Oc1cc(F)cc(F)c1. The van der Waals surface area contributed by atoms with Crippen molar-refractivity contribution in [2.45, 2.75) is 77.8 Å². The quantitative estimate of drug-likeness (QED) is 0.0770. The maximum atomic E-state index is 13.7. The van der Waals surface area contributed by atoms with Crippen LogP contribution in [-0.2, 0) is 18.6 Å². The number of nitriles is 4. The number of nitrogens with zero attached hydrogens (tertiary/aromatic N) is 4. The Hall–Kier alpha value is -8.64. The lowest BCUT2D eigenvalue weighted by atomic mass is 9.76. The fourth-order valence-corrected chi connectivity index (χ4v) is 9.37. The molecule has 2 heterocycles. The minimum atomic E-state index is -0.748. The Morgan fingerprint density at radius 2 is 0.800 bits per heavy atom. The fraction of sp³-hybridized carbons (Fsp3) is 0.235. The molecule has 0 aromatic heterocycles. The topological polar surface area (TPSA) is 198 Å². The van der Waals surface area contributed by atoms with Crippen molar-refractivity contribution < 1.29 is 82.4 Å². The molecule has 2 saturated heterocycles. The van der Waals surface area contributed by atoms with E-state index in [9.17, 15) is 40.4 Å². The van der Waals surface area contributed by atoms with E-state index in [4.69, 9.17) is 58.4 Å². The Bertz CT molecular complexity index is 4110. The number of hydrogen-bond donors (Lipinski definition) is 1. The average molecular weight is 1480 g/mol. The first-order valence-electron chi connectivity index (χ1n) is 27.9. The fourth-order valence-electron chi connectivity index (χ4n) is 8.35. The predicted octanol–water partition coefficient (Wildman–Crippen LogP) is 15.8. The van der Waals surface area contributed by atoms with E-state index in [1.807, 2.05) is 96.2 Å². The molecule has 0 spiro atoms. The molecule has 2 aliphatic rings. The smallest absolute Gasteiger partial charge is 0.537 e. The normalized spacial score (nSPS) is 13.8. The number of hydrogen-bond acceptors (Lipinski definition) is 14. The monoisotopic (exact) mass is 1480 g/mol. The second kappa shape index (κ2) is 34.2. The summed E-state index contributed by atoms with van der Waals surface area (Å²) in [5.41, 5.74) is 2.71. The van der Waals surface area contributed by atoms with Gasteiger partial charge in [-0.1, -0.05) is 0 Å². The number of halogens is 10. The van der Waals surface area contributed by atoms with Gasteiger partial charge in [0, 0.05) is 51.9 Å². The molecule has 1 N–H and O–H groups in total. The van der Waals surface area contributed by atoms with Crippen LogP contribution in [0.5, 0.6) is 28.7 Å². The summed E-state index contributed by atoms with van der Waals surface area (Å²) in [6.45, 7) is 15.7. The van der Waals surface area contributed by atoms with Gasteiger partial charge in [-0.25, -0.2) is 35.1 Å². The van der Waals surface area contributed by atoms with Crippen molar-refractivity contribution in [1.82, 2.24) is 0 Å². The minimum absolute atomic E-state index is 0.0787. The summed E-state index contributed by atoms with van der Waals surface area (Å²) in [6, 6.07) is 36.6. The molecule has 0 unspecified atom stereocenters. The number of rotatable bonds is 10. The van der Waals surface area contributed by atoms with Crippen LogP contribution in [0.25, 0.3) is 33.4 Å². The summed E-state index contributed by atoms with van der Waals surface area (Å²) < 4.78 is 154. The molecule has 0 saturated carbocycles. The second-order valence-corrected chi connectivity index (χ2v) is 24.1. The van der Waals surface area contributed by atoms with Crippen LogP contribution in [0.15, 0.2) is 138 Å². The molecule has 2 fully saturated rings. The Morgan fingerprint density at radius 3 is 1.17 bits per heavy atom. The van der Waals surface area contributed by atoms with E-state index < -0.39 is 64.9 Å². The predicted molar refractivity (Wildman–Crippen MR) is 354 cm³/mol. The van der Waals surface area contributed by atoms with Crippen molar-refractivity contribution in [2.24, 2.45) is 0 Å². The van der Waals surface area contributed by atoms with Crippen molar-refractivity contribution >= 4 is 66.5 Å². The highest BCUT2D eigenvalue weighted by Gasteiger charge is 2.53. The summed E-state index contributed by atoms with van der Waals surface area (Å²) in [6.07, 6.45) is 0. The van der Waals surface area contributed by atoms with Gasteiger partial charge in [-0.05, 0) is 219 Å². The minimum Gasteiger partial charge on any atom is -0.537 e. The zero-order valence-corrected chi connectivity index (χ0v) is 56.9. The molecule has 10 rings (SSSR count). The van der Waals surface area contributed by atoms with Crippen molar-refractivity contribution in [3.63, 3.8) is 0 Å². The van der Waals surface area contributed by atoms with Crippen LogP contribution in [0.3, 0.4) is 0 Å². The molecule has 0 bridgehead atoms. The zero-order chi connectivity index (χ0) is 70.8. The van der Waals surface area contributed by atoms with E-state index in [-0.39, 0.29) is 28.1 Å². The zero-order valence-electron chi connectivity index (χ0n) is 53.1. The molecule has 8 aromatic carbocycles. The van der Waals surface area contributed by atoms with Crippen LogP contribution < -0.4 is 29.1 Å². The van der Waals surface area contributed by atoms with Crippen molar-refractivity contribution in [2.75, 3.05) is 28.4 Å². The van der Waals surface area contributed by atoms with Crippen LogP contribution in [0.4, 0.5) is 35.1 Å². The Balaban J connectivity index is 0.000000215. The third-order valence-corrected chi connectivity index (χ3v) is 16.3. The summed E-state index contributed by atoms with van der Waals surface area (Å²) in [5, 5.41) is 44.4. The summed E-state index contributed by atoms with van der Waals surface area (Å²) in [4.78, 5) is 0. The molecule has 0 atom stereocenters. The molecule has 8 aromatic rings. The van der Waals surface area contributed by atoms with Crippen LogP contribution >= 0.6 is 38.5 Å². The molecule has 2 aliphatic heterocycles. The van der Waals surface area contributed by atoms with E-state index in [1.165, 1.54) is 77.5 Å². The van der Waals surface area contributed by atoms with Gasteiger partial charge in [0.1, 0.15) is 81.4 Å². The highest BCUT2D eigenvalue weighted by Crippen LogP contribution is 2.39. The van der Waals surface area contributed by atoms with Gasteiger partial charge in [0.25, 0.3) is 0 Å². The molecule has 27 heteroatoms. The molecule has 490 valence electrons. The number of benzene rings is 8. The molecule has 14 nitrogen and oxygen atoms in total. The Kier molecular flexibility index (Phi) is 27.7. The average Bonchev–Trinajstić information content (AvgIpc) is 1.66. The standard InChI is InChI=1S/C20H20BF2NO3.C14H8F2INO.C14H9F2NO.C8H6BrNO.C6H4BF2O2.C6H12BO2/c1-19(2)20(3,4)27-21(26-19)17-10-16(13(11-24)8-18(17)25-5)12-6-14(22)9-15(23)7-12;1-19-14-4-9(7-18)12(6-13(14)17)8-2-10(15)5-11(16)3-8;1-18-13-2-3-14(10(6-13)8-17)9-4-11(15)7-12(16)5-9;1-11-7-2-3-8(9)6(4-7)5-10;8-4-1-5(9)3-6(2-4)11-7-10;1-5(2)6(3,4)9-7-8-5/h6-10H,1-5H3;2-6H,1H3;2-7H,1H3;2-4H,1H3;1-3,10H;1-4H3. The van der Waals surface area contributed by atoms with Gasteiger partial charge in [0.05, 0.1) is 94.9 Å². The number of methoxy groups -OCH3 is 4. The number of ether oxygens (including phenoxy) is 4. The van der Waals surface area contributed by atoms with Gasteiger partial charge in [0.15, 0.2) is 0 Å². The Morgan fingerprint density at radius 1 is 0.442 bits per heavy atom. The van der Waals surface area contributed by atoms with E-state index in [1.54, 1.807) is 55.6 Å². The third-order valence-electron chi connectivity index (χ3n) is 14.7.